The van der Waals surface area contributed by atoms with Crippen LogP contribution in [0.5, 0.6) is 0 Å². The molecule has 0 aliphatic rings. The van der Waals surface area contributed by atoms with E-state index in [9.17, 15) is 22.4 Å². The lowest BCUT2D eigenvalue weighted by molar-refractivity contribution is -0.140. The second-order valence-corrected chi connectivity index (χ2v) is 4.52. The normalized spacial score (nSPS) is 11.5. The highest BCUT2D eigenvalue weighted by Gasteiger charge is 2.33. The van der Waals surface area contributed by atoms with Gasteiger partial charge in [0.2, 0.25) is 0 Å². The Morgan fingerprint density at radius 2 is 2.00 bits per heavy atom. The van der Waals surface area contributed by atoms with E-state index < -0.39 is 30.0 Å². The molecule has 106 valence electrons. The van der Waals surface area contributed by atoms with Crippen molar-refractivity contribution in [2.75, 3.05) is 13.1 Å². The summed E-state index contributed by atoms with van der Waals surface area (Å²) in [6, 6.07) is 3.45. The molecule has 0 unspecified atom stereocenters. The average molecular weight is 295 g/mol. The van der Waals surface area contributed by atoms with E-state index in [0.717, 1.165) is 12.1 Å². The first kappa shape index (κ1) is 15.8. The van der Waals surface area contributed by atoms with Crippen LogP contribution < -0.4 is 0 Å². The van der Waals surface area contributed by atoms with Crippen LogP contribution in [0.2, 0.25) is 0 Å². The highest BCUT2D eigenvalue weighted by Crippen LogP contribution is 2.20. The molecule has 0 spiro atoms. The lowest BCUT2D eigenvalue weighted by Gasteiger charge is -2.23. The van der Waals surface area contributed by atoms with E-state index in [4.69, 9.17) is 0 Å². The van der Waals surface area contributed by atoms with Crippen molar-refractivity contribution in [3.05, 3.63) is 29.6 Å². The minimum atomic E-state index is -4.51. The fraction of sp³-hybridized carbons (Fsp3) is 0.417. The largest absolute Gasteiger partial charge is 0.406 e. The molecule has 0 atom stereocenters. The van der Waals surface area contributed by atoms with E-state index in [0.29, 0.717) is 16.2 Å². The summed E-state index contributed by atoms with van der Waals surface area (Å²) in [5.74, 6) is -1.83. The Morgan fingerprint density at radius 3 is 2.53 bits per heavy atom. The van der Waals surface area contributed by atoms with E-state index >= 15 is 0 Å². The molecule has 0 aliphatic heterocycles. The average Bonchev–Trinajstić information content (AvgIpc) is 2.29. The number of alkyl halides is 3. The first-order valence-corrected chi connectivity index (χ1v) is 6.04. The second-order valence-electron chi connectivity index (χ2n) is 4.01. The van der Waals surface area contributed by atoms with Crippen LogP contribution in [0, 0.1) is 5.82 Å². The van der Waals surface area contributed by atoms with Crippen LogP contribution in [-0.4, -0.2) is 30.1 Å². The predicted octanol–water partition coefficient (Wildman–Crippen LogP) is 3.53. The van der Waals surface area contributed by atoms with Gasteiger partial charge in [-0.05, 0) is 24.6 Å². The highest BCUT2D eigenvalue weighted by molar-refractivity contribution is 7.80. The third-order valence-electron chi connectivity index (χ3n) is 2.33. The van der Waals surface area contributed by atoms with Gasteiger partial charge in [-0.1, -0.05) is 6.92 Å². The number of thiol groups is 1. The molecule has 0 bridgehead atoms. The summed E-state index contributed by atoms with van der Waals surface area (Å²) in [4.78, 5) is 12.8. The maximum atomic E-state index is 13.5. The molecule has 7 heteroatoms. The molecule has 0 fully saturated rings. The van der Waals surface area contributed by atoms with Gasteiger partial charge in [0.05, 0.1) is 5.56 Å². The van der Waals surface area contributed by atoms with Gasteiger partial charge >= 0.3 is 6.18 Å². The maximum absolute atomic E-state index is 13.5. The molecule has 1 aromatic rings. The van der Waals surface area contributed by atoms with Crippen molar-refractivity contribution in [1.29, 1.82) is 0 Å². The van der Waals surface area contributed by atoms with Crippen molar-refractivity contribution in [3.8, 4) is 0 Å². The van der Waals surface area contributed by atoms with E-state index in [1.165, 1.54) is 6.07 Å². The summed E-state index contributed by atoms with van der Waals surface area (Å²) in [5, 5.41) is 0. The summed E-state index contributed by atoms with van der Waals surface area (Å²) >= 11 is 3.94. The molecule has 1 amide bonds. The molecule has 0 N–H and O–H groups in total. The van der Waals surface area contributed by atoms with E-state index in [1.807, 2.05) is 0 Å². The zero-order valence-corrected chi connectivity index (χ0v) is 11.1. The van der Waals surface area contributed by atoms with Crippen molar-refractivity contribution in [2.45, 2.75) is 24.4 Å². The van der Waals surface area contributed by atoms with Crippen LogP contribution in [0.25, 0.3) is 0 Å². The summed E-state index contributed by atoms with van der Waals surface area (Å²) in [6.07, 6.45) is -4.16. The van der Waals surface area contributed by atoms with E-state index in [1.54, 1.807) is 6.92 Å². The van der Waals surface area contributed by atoms with Crippen LogP contribution in [0.1, 0.15) is 23.7 Å². The summed E-state index contributed by atoms with van der Waals surface area (Å²) in [7, 11) is 0. The minimum absolute atomic E-state index is 0.0887. The fourth-order valence-electron chi connectivity index (χ4n) is 1.59. The second kappa shape index (κ2) is 6.27. The topological polar surface area (TPSA) is 20.3 Å². The Bertz CT molecular complexity index is 462. The summed E-state index contributed by atoms with van der Waals surface area (Å²) < 4.78 is 50.6. The Balaban J connectivity index is 3.02. The van der Waals surface area contributed by atoms with Crippen molar-refractivity contribution in [3.63, 3.8) is 0 Å². The molecular weight excluding hydrogens is 282 g/mol. The smallest absolute Gasteiger partial charge is 0.329 e. The number of carbonyl (C=O) groups is 1. The van der Waals surface area contributed by atoms with Crippen LogP contribution in [-0.2, 0) is 0 Å². The number of hydrogen-bond donors (Lipinski definition) is 1. The van der Waals surface area contributed by atoms with Crippen molar-refractivity contribution < 1.29 is 22.4 Å². The Labute approximate surface area is 113 Å². The zero-order chi connectivity index (χ0) is 14.6. The summed E-state index contributed by atoms with van der Waals surface area (Å²) in [5.41, 5.74) is -0.398. The van der Waals surface area contributed by atoms with Crippen LogP contribution in [0.3, 0.4) is 0 Å². The quantitative estimate of drug-likeness (QED) is 0.665. The molecule has 1 aromatic carbocycles. The highest BCUT2D eigenvalue weighted by atomic mass is 32.1. The molecule has 1 rings (SSSR count). The van der Waals surface area contributed by atoms with Gasteiger partial charge in [0.25, 0.3) is 5.91 Å². The van der Waals surface area contributed by atoms with E-state index in [-0.39, 0.29) is 6.54 Å². The number of halogens is 4. The van der Waals surface area contributed by atoms with Gasteiger partial charge in [-0.15, -0.1) is 12.6 Å². The number of nitrogens with zero attached hydrogens (tertiary/aromatic N) is 1. The van der Waals surface area contributed by atoms with Crippen molar-refractivity contribution >= 4 is 18.5 Å². The predicted molar refractivity (Wildman–Crippen MR) is 65.9 cm³/mol. The van der Waals surface area contributed by atoms with Crippen LogP contribution in [0.4, 0.5) is 17.6 Å². The summed E-state index contributed by atoms with van der Waals surface area (Å²) in [6.45, 7) is 0.159. The monoisotopic (exact) mass is 295 g/mol. The van der Waals surface area contributed by atoms with E-state index in [2.05, 4.69) is 12.6 Å². The van der Waals surface area contributed by atoms with Gasteiger partial charge in [-0.2, -0.15) is 13.2 Å². The number of benzene rings is 1. The van der Waals surface area contributed by atoms with Crippen LogP contribution >= 0.6 is 12.6 Å². The SMILES string of the molecule is CCCN(CC(F)(F)F)C(=O)c1cc(S)ccc1F. The molecule has 0 saturated heterocycles. The first-order valence-electron chi connectivity index (χ1n) is 5.59. The Hall–Kier alpha value is -1.24. The molecule has 0 heterocycles. The number of amides is 1. The lowest BCUT2D eigenvalue weighted by Crippen LogP contribution is -2.39. The fourth-order valence-corrected chi connectivity index (χ4v) is 1.79. The van der Waals surface area contributed by atoms with Gasteiger partial charge in [-0.25, -0.2) is 4.39 Å². The third-order valence-corrected chi connectivity index (χ3v) is 2.61. The molecule has 0 radical (unpaired) electrons. The van der Waals surface area contributed by atoms with Crippen molar-refractivity contribution in [2.24, 2.45) is 0 Å². The van der Waals surface area contributed by atoms with Crippen LogP contribution in [0.15, 0.2) is 23.1 Å². The molecule has 2 nitrogen and oxygen atoms in total. The lowest BCUT2D eigenvalue weighted by atomic mass is 10.1. The number of carbonyl (C=O) groups excluding carboxylic acids is 1. The number of hydrogen-bond acceptors (Lipinski definition) is 2. The Kier molecular flexibility index (Phi) is 5.22. The molecule has 0 aromatic heterocycles. The Morgan fingerprint density at radius 1 is 1.37 bits per heavy atom. The van der Waals surface area contributed by atoms with Gasteiger partial charge in [0.15, 0.2) is 0 Å². The molecule has 0 aliphatic carbocycles. The van der Waals surface area contributed by atoms with Gasteiger partial charge in [0.1, 0.15) is 12.4 Å². The maximum Gasteiger partial charge on any atom is 0.406 e. The zero-order valence-electron chi connectivity index (χ0n) is 10.2. The van der Waals surface area contributed by atoms with Gasteiger partial charge < -0.3 is 4.90 Å². The van der Waals surface area contributed by atoms with Crippen molar-refractivity contribution in [1.82, 2.24) is 4.90 Å². The molecular formula is C12H13F4NOS. The van der Waals surface area contributed by atoms with Gasteiger partial charge in [0, 0.05) is 11.4 Å². The first-order chi connectivity index (χ1) is 8.74. The minimum Gasteiger partial charge on any atom is -0.329 e. The van der Waals surface area contributed by atoms with Gasteiger partial charge in [-0.3, -0.25) is 4.79 Å². The molecule has 0 saturated carbocycles. The third kappa shape index (κ3) is 4.74. The standard InChI is InChI=1S/C12H13F4NOS/c1-2-5-17(7-12(14,15)16)11(18)9-6-8(19)3-4-10(9)13/h3-4,6,19H,2,5,7H2,1H3. The molecule has 19 heavy (non-hydrogen) atoms. The number of rotatable bonds is 4.